The smallest absolute Gasteiger partial charge is 0.303 e. The van der Waals surface area contributed by atoms with E-state index in [2.05, 4.69) is 31.4 Å². The summed E-state index contributed by atoms with van der Waals surface area (Å²) in [6, 6.07) is 10.7. The monoisotopic (exact) mass is 375 g/mol. The molecule has 23 heavy (non-hydrogen) atoms. The second kappa shape index (κ2) is 8.19. The van der Waals surface area contributed by atoms with Crippen molar-refractivity contribution in [1.29, 1.82) is 0 Å². The first kappa shape index (κ1) is 16.8. The van der Waals surface area contributed by atoms with Gasteiger partial charge in [0, 0.05) is 23.3 Å². The maximum Gasteiger partial charge on any atom is 0.303 e. The zero-order valence-corrected chi connectivity index (χ0v) is 13.7. The molecule has 1 aromatic carbocycles. The predicted octanol–water partition coefficient (Wildman–Crippen LogP) is 2.84. The third-order valence-electron chi connectivity index (χ3n) is 2.94. The van der Waals surface area contributed by atoms with Gasteiger partial charge in [0.2, 0.25) is 0 Å². The molecule has 1 heterocycles. The van der Waals surface area contributed by atoms with Crippen LogP contribution in [-0.2, 0) is 4.79 Å². The minimum absolute atomic E-state index is 0.0674. The van der Waals surface area contributed by atoms with Crippen LogP contribution in [0.1, 0.15) is 28.8 Å². The van der Waals surface area contributed by atoms with Crippen LogP contribution in [0.2, 0.25) is 0 Å². The highest BCUT2D eigenvalue weighted by molar-refractivity contribution is 9.10. The molecular weight excluding hydrogens is 362 g/mol. The highest BCUT2D eigenvalue weighted by Crippen LogP contribution is 2.10. The van der Waals surface area contributed by atoms with Crippen LogP contribution in [0.5, 0.6) is 0 Å². The molecule has 0 aliphatic carbocycles. The van der Waals surface area contributed by atoms with E-state index < -0.39 is 11.9 Å². The van der Waals surface area contributed by atoms with Crippen LogP contribution in [0.15, 0.2) is 58.4 Å². The van der Waals surface area contributed by atoms with E-state index in [-0.39, 0.29) is 12.8 Å². The number of rotatable bonds is 6. The summed E-state index contributed by atoms with van der Waals surface area (Å²) >= 11 is 3.24. The molecule has 1 aromatic heterocycles. The van der Waals surface area contributed by atoms with E-state index in [9.17, 15) is 9.59 Å². The molecule has 7 heteroatoms. The zero-order chi connectivity index (χ0) is 16.7. The Bertz CT molecular complexity index is 732. The summed E-state index contributed by atoms with van der Waals surface area (Å²) < 4.78 is 0.684. The molecule has 0 aliphatic heterocycles. The first-order chi connectivity index (χ1) is 11.1. The van der Waals surface area contributed by atoms with Gasteiger partial charge in [-0.3, -0.25) is 14.6 Å². The number of pyridine rings is 1. The van der Waals surface area contributed by atoms with Crippen molar-refractivity contribution in [1.82, 2.24) is 10.4 Å². The van der Waals surface area contributed by atoms with E-state index in [1.54, 1.807) is 12.3 Å². The Morgan fingerprint density at radius 1 is 1.13 bits per heavy atom. The molecule has 0 saturated heterocycles. The molecule has 2 N–H and O–H groups in total. The van der Waals surface area contributed by atoms with Crippen LogP contribution in [0.3, 0.4) is 0 Å². The van der Waals surface area contributed by atoms with Crippen LogP contribution in [0.4, 0.5) is 0 Å². The topological polar surface area (TPSA) is 91.6 Å². The average molecular weight is 376 g/mol. The van der Waals surface area contributed by atoms with E-state index in [0.717, 1.165) is 5.56 Å². The number of aliphatic carboxylic acids is 1. The van der Waals surface area contributed by atoms with Gasteiger partial charge in [-0.25, -0.2) is 5.43 Å². The summed E-state index contributed by atoms with van der Waals surface area (Å²) in [6.45, 7) is 0. The number of halogens is 1. The molecule has 0 atom stereocenters. The Hall–Kier alpha value is -2.54. The third-order valence-corrected chi connectivity index (χ3v) is 3.38. The highest BCUT2D eigenvalue weighted by Gasteiger charge is 2.09. The van der Waals surface area contributed by atoms with E-state index in [0.29, 0.717) is 15.7 Å². The van der Waals surface area contributed by atoms with Crippen molar-refractivity contribution in [2.75, 3.05) is 0 Å². The Labute approximate surface area is 141 Å². The fourth-order valence-electron chi connectivity index (χ4n) is 1.84. The number of nitrogens with one attached hydrogen (secondary N) is 1. The quantitative estimate of drug-likeness (QED) is 0.599. The molecule has 0 fully saturated rings. The Morgan fingerprint density at radius 3 is 2.52 bits per heavy atom. The normalized spacial score (nSPS) is 11.1. The third kappa shape index (κ3) is 5.30. The Morgan fingerprint density at radius 2 is 1.87 bits per heavy atom. The highest BCUT2D eigenvalue weighted by atomic mass is 79.9. The predicted molar refractivity (Wildman–Crippen MR) is 89.3 cm³/mol. The van der Waals surface area contributed by atoms with Gasteiger partial charge < -0.3 is 5.11 Å². The second-order valence-electron chi connectivity index (χ2n) is 4.65. The van der Waals surface area contributed by atoms with Crippen LogP contribution < -0.4 is 5.43 Å². The lowest BCUT2D eigenvalue weighted by molar-refractivity contribution is -0.136. The molecule has 0 saturated carbocycles. The van der Waals surface area contributed by atoms with Gasteiger partial charge in [-0.1, -0.05) is 30.3 Å². The minimum Gasteiger partial charge on any atom is -0.481 e. The van der Waals surface area contributed by atoms with Crippen LogP contribution in [0, 0.1) is 0 Å². The van der Waals surface area contributed by atoms with Crippen molar-refractivity contribution in [2.24, 2.45) is 5.10 Å². The number of hydrogen-bond donors (Lipinski definition) is 2. The van der Waals surface area contributed by atoms with E-state index >= 15 is 0 Å². The number of carbonyl (C=O) groups is 2. The van der Waals surface area contributed by atoms with Crippen molar-refractivity contribution in [3.8, 4) is 0 Å². The fraction of sp³-hybridized carbons (Fsp3) is 0.125. The van der Waals surface area contributed by atoms with Gasteiger partial charge in [-0.2, -0.15) is 5.10 Å². The number of carboxylic acid groups (broad SMARTS) is 1. The molecular formula is C16H14BrN3O3. The number of aromatic nitrogens is 1. The minimum atomic E-state index is -0.920. The van der Waals surface area contributed by atoms with Crippen molar-refractivity contribution in [3.05, 3.63) is 64.4 Å². The van der Waals surface area contributed by atoms with Gasteiger partial charge in [-0.15, -0.1) is 0 Å². The van der Waals surface area contributed by atoms with Gasteiger partial charge in [-0.05, 0) is 27.6 Å². The van der Waals surface area contributed by atoms with Gasteiger partial charge in [0.25, 0.3) is 5.91 Å². The van der Waals surface area contributed by atoms with Gasteiger partial charge in [0.1, 0.15) is 0 Å². The standard InChI is InChI=1S/C16H14BrN3O3/c17-13-8-12(9-18-10-13)16(23)20-19-14(6-7-15(21)22)11-4-2-1-3-5-11/h1-5,8-10H,6-7H2,(H,20,23)(H,21,22)/b19-14-. The summed E-state index contributed by atoms with van der Waals surface area (Å²) in [6.07, 6.45) is 3.15. The summed E-state index contributed by atoms with van der Waals surface area (Å²) in [5.74, 6) is -1.33. The van der Waals surface area contributed by atoms with Crippen LogP contribution in [0.25, 0.3) is 0 Å². The number of hydrogen-bond acceptors (Lipinski definition) is 4. The lowest BCUT2D eigenvalue weighted by Crippen LogP contribution is -2.20. The lowest BCUT2D eigenvalue weighted by atomic mass is 10.1. The summed E-state index contributed by atoms with van der Waals surface area (Å²) in [7, 11) is 0. The molecule has 0 unspecified atom stereocenters. The summed E-state index contributed by atoms with van der Waals surface area (Å²) in [5.41, 5.74) is 4.07. The van der Waals surface area contributed by atoms with E-state index in [1.165, 1.54) is 6.20 Å². The molecule has 2 aromatic rings. The molecule has 0 bridgehead atoms. The molecule has 1 amide bonds. The van der Waals surface area contributed by atoms with Crippen molar-refractivity contribution in [2.45, 2.75) is 12.8 Å². The van der Waals surface area contributed by atoms with E-state index in [4.69, 9.17) is 5.11 Å². The largest absolute Gasteiger partial charge is 0.481 e. The molecule has 2 rings (SSSR count). The number of carbonyl (C=O) groups excluding carboxylic acids is 1. The number of amides is 1. The Kier molecular flexibility index (Phi) is 5.99. The first-order valence-corrected chi connectivity index (χ1v) is 7.60. The fourth-order valence-corrected chi connectivity index (χ4v) is 2.20. The zero-order valence-electron chi connectivity index (χ0n) is 12.1. The van der Waals surface area contributed by atoms with Crippen LogP contribution >= 0.6 is 15.9 Å². The molecule has 6 nitrogen and oxygen atoms in total. The lowest BCUT2D eigenvalue weighted by Gasteiger charge is -2.06. The van der Waals surface area contributed by atoms with Crippen LogP contribution in [-0.4, -0.2) is 27.7 Å². The SMILES string of the molecule is O=C(O)CC/C(=N/NC(=O)c1cncc(Br)c1)c1ccccc1. The maximum atomic E-state index is 12.1. The Balaban J connectivity index is 2.16. The van der Waals surface area contributed by atoms with Crippen molar-refractivity contribution >= 4 is 33.5 Å². The van der Waals surface area contributed by atoms with Gasteiger partial charge in [0.05, 0.1) is 17.7 Å². The molecule has 0 radical (unpaired) electrons. The first-order valence-electron chi connectivity index (χ1n) is 6.81. The molecule has 118 valence electrons. The number of benzene rings is 1. The van der Waals surface area contributed by atoms with E-state index in [1.807, 2.05) is 30.3 Å². The molecule has 0 spiro atoms. The van der Waals surface area contributed by atoms with Crippen molar-refractivity contribution < 1.29 is 14.7 Å². The summed E-state index contributed by atoms with van der Waals surface area (Å²) in [4.78, 5) is 26.8. The maximum absolute atomic E-state index is 12.1. The second-order valence-corrected chi connectivity index (χ2v) is 5.57. The number of nitrogens with zero attached hydrogens (tertiary/aromatic N) is 2. The van der Waals surface area contributed by atoms with Gasteiger partial charge in [0.15, 0.2) is 0 Å². The average Bonchev–Trinajstić information content (AvgIpc) is 2.55. The summed E-state index contributed by atoms with van der Waals surface area (Å²) in [5, 5.41) is 12.9. The molecule has 0 aliphatic rings. The van der Waals surface area contributed by atoms with Gasteiger partial charge >= 0.3 is 5.97 Å². The van der Waals surface area contributed by atoms with Crippen molar-refractivity contribution in [3.63, 3.8) is 0 Å². The number of carboxylic acids is 1. The number of hydrazone groups is 1.